The van der Waals surface area contributed by atoms with Crippen LogP contribution in [-0.4, -0.2) is 17.0 Å². The molecule has 3 nitrogen and oxygen atoms in total. The van der Waals surface area contributed by atoms with E-state index in [4.69, 9.17) is 4.98 Å². The minimum absolute atomic E-state index is 0.465. The molecule has 0 aromatic carbocycles. The van der Waals surface area contributed by atoms with E-state index in [1.807, 2.05) is 17.9 Å². The number of nitrogens with one attached hydrogen (secondary N) is 1. The summed E-state index contributed by atoms with van der Waals surface area (Å²) in [5, 5.41) is 6.28. The molecule has 0 aliphatic carbocycles. The van der Waals surface area contributed by atoms with Gasteiger partial charge in [0.15, 0.2) is 0 Å². The highest BCUT2D eigenvalue weighted by atomic mass is 32.1. The lowest BCUT2D eigenvalue weighted by molar-refractivity contribution is 0.771. The zero-order chi connectivity index (χ0) is 11.5. The van der Waals surface area contributed by atoms with E-state index < -0.39 is 0 Å². The van der Waals surface area contributed by atoms with Gasteiger partial charge < -0.3 is 5.32 Å². The summed E-state index contributed by atoms with van der Waals surface area (Å²) in [6.07, 6.45) is 0. The van der Waals surface area contributed by atoms with Crippen molar-refractivity contribution in [2.75, 3.05) is 7.05 Å². The quantitative estimate of drug-likeness (QED) is 0.909. The first kappa shape index (κ1) is 11.7. The van der Waals surface area contributed by atoms with Crippen molar-refractivity contribution < 1.29 is 0 Å². The van der Waals surface area contributed by atoms with Crippen molar-refractivity contribution in [2.45, 2.75) is 26.3 Å². The van der Waals surface area contributed by atoms with Gasteiger partial charge >= 0.3 is 0 Å². The van der Waals surface area contributed by atoms with Crippen LogP contribution in [0.3, 0.4) is 0 Å². The SMILES string of the molecule is CNCc1sc(-c2cscn2)nc1C(C)C. The van der Waals surface area contributed by atoms with Gasteiger partial charge in [0.25, 0.3) is 0 Å². The Morgan fingerprint density at radius 3 is 2.81 bits per heavy atom. The Morgan fingerprint density at radius 1 is 1.44 bits per heavy atom. The predicted molar refractivity (Wildman–Crippen MR) is 70.1 cm³/mol. The van der Waals surface area contributed by atoms with Gasteiger partial charge in [0.05, 0.1) is 11.2 Å². The summed E-state index contributed by atoms with van der Waals surface area (Å²) in [4.78, 5) is 10.3. The summed E-state index contributed by atoms with van der Waals surface area (Å²) in [6, 6.07) is 0. The largest absolute Gasteiger partial charge is 0.315 e. The number of nitrogens with zero attached hydrogens (tertiary/aromatic N) is 2. The zero-order valence-electron chi connectivity index (χ0n) is 9.65. The van der Waals surface area contributed by atoms with E-state index in [0.717, 1.165) is 17.2 Å². The third-order valence-corrected chi connectivity index (χ3v) is 3.94. The normalized spacial score (nSPS) is 11.2. The molecule has 0 unspecified atom stereocenters. The van der Waals surface area contributed by atoms with Crippen molar-refractivity contribution in [1.29, 1.82) is 0 Å². The molecule has 2 rings (SSSR count). The van der Waals surface area contributed by atoms with Gasteiger partial charge in [0.1, 0.15) is 10.7 Å². The van der Waals surface area contributed by atoms with Crippen LogP contribution < -0.4 is 5.32 Å². The summed E-state index contributed by atoms with van der Waals surface area (Å²) < 4.78 is 0. The molecule has 0 aliphatic rings. The Bertz CT molecular complexity index is 446. The molecule has 0 spiro atoms. The molecule has 2 aromatic heterocycles. The van der Waals surface area contributed by atoms with Crippen molar-refractivity contribution in [1.82, 2.24) is 15.3 Å². The predicted octanol–water partition coefficient (Wildman–Crippen LogP) is 3.11. The Balaban J connectivity index is 2.38. The lowest BCUT2D eigenvalue weighted by Gasteiger charge is -2.03. The Hall–Kier alpha value is -0.780. The zero-order valence-corrected chi connectivity index (χ0v) is 11.3. The van der Waals surface area contributed by atoms with Crippen LogP contribution in [0.4, 0.5) is 0 Å². The van der Waals surface area contributed by atoms with Crippen LogP contribution in [0.5, 0.6) is 0 Å². The van der Waals surface area contributed by atoms with Gasteiger partial charge in [-0.3, -0.25) is 0 Å². The molecule has 0 atom stereocenters. The van der Waals surface area contributed by atoms with Gasteiger partial charge in [-0.05, 0) is 13.0 Å². The first-order valence-electron chi connectivity index (χ1n) is 5.25. The molecular weight excluding hydrogens is 238 g/mol. The van der Waals surface area contributed by atoms with Crippen molar-refractivity contribution in [3.8, 4) is 10.7 Å². The van der Waals surface area contributed by atoms with E-state index >= 15 is 0 Å². The topological polar surface area (TPSA) is 37.8 Å². The summed E-state index contributed by atoms with van der Waals surface area (Å²) in [5.74, 6) is 0.465. The average molecular weight is 253 g/mol. The van der Waals surface area contributed by atoms with Crippen LogP contribution >= 0.6 is 22.7 Å². The molecule has 2 heterocycles. The number of thiazole rings is 2. The molecule has 0 amide bonds. The highest BCUT2D eigenvalue weighted by Crippen LogP contribution is 2.31. The van der Waals surface area contributed by atoms with Crippen LogP contribution in [0.2, 0.25) is 0 Å². The van der Waals surface area contributed by atoms with Gasteiger partial charge in [-0.2, -0.15) is 0 Å². The fraction of sp³-hybridized carbons (Fsp3) is 0.455. The van der Waals surface area contributed by atoms with Crippen molar-refractivity contribution in [3.05, 3.63) is 21.5 Å². The fourth-order valence-electron chi connectivity index (χ4n) is 1.53. The molecule has 0 fully saturated rings. The van der Waals surface area contributed by atoms with E-state index in [9.17, 15) is 0 Å². The van der Waals surface area contributed by atoms with Gasteiger partial charge in [-0.25, -0.2) is 9.97 Å². The van der Waals surface area contributed by atoms with Crippen LogP contribution in [0.1, 0.15) is 30.3 Å². The van der Waals surface area contributed by atoms with Crippen LogP contribution in [0.15, 0.2) is 10.9 Å². The van der Waals surface area contributed by atoms with Crippen LogP contribution in [-0.2, 0) is 6.54 Å². The number of aromatic nitrogens is 2. The molecule has 86 valence electrons. The Morgan fingerprint density at radius 2 is 2.25 bits per heavy atom. The first-order chi connectivity index (χ1) is 7.72. The van der Waals surface area contributed by atoms with E-state index in [0.29, 0.717) is 5.92 Å². The number of hydrogen-bond donors (Lipinski definition) is 1. The maximum atomic E-state index is 4.69. The molecule has 0 saturated carbocycles. The molecular formula is C11H15N3S2. The maximum absolute atomic E-state index is 4.69. The fourth-order valence-corrected chi connectivity index (χ4v) is 3.34. The molecule has 2 aromatic rings. The van der Waals surface area contributed by atoms with Gasteiger partial charge in [0.2, 0.25) is 0 Å². The maximum Gasteiger partial charge on any atom is 0.143 e. The first-order valence-corrected chi connectivity index (χ1v) is 7.01. The third-order valence-electron chi connectivity index (χ3n) is 2.26. The summed E-state index contributed by atoms with van der Waals surface area (Å²) in [6.45, 7) is 5.24. The second kappa shape index (κ2) is 5.03. The van der Waals surface area contributed by atoms with Crippen LogP contribution in [0.25, 0.3) is 10.7 Å². The summed E-state index contributed by atoms with van der Waals surface area (Å²) in [5.41, 5.74) is 4.05. The highest BCUT2D eigenvalue weighted by molar-refractivity contribution is 7.15. The number of rotatable bonds is 4. The van der Waals surface area contributed by atoms with E-state index in [-0.39, 0.29) is 0 Å². The van der Waals surface area contributed by atoms with Gasteiger partial charge in [-0.15, -0.1) is 22.7 Å². The molecule has 0 radical (unpaired) electrons. The van der Waals surface area contributed by atoms with Crippen molar-refractivity contribution >= 4 is 22.7 Å². The molecule has 0 bridgehead atoms. The van der Waals surface area contributed by atoms with Gasteiger partial charge in [0, 0.05) is 16.8 Å². The monoisotopic (exact) mass is 253 g/mol. The van der Waals surface area contributed by atoms with E-state index in [1.165, 1.54) is 10.6 Å². The minimum Gasteiger partial charge on any atom is -0.315 e. The third kappa shape index (κ3) is 2.31. The van der Waals surface area contributed by atoms with E-state index in [1.54, 1.807) is 22.7 Å². The average Bonchev–Trinajstić information content (AvgIpc) is 2.83. The minimum atomic E-state index is 0.465. The second-order valence-corrected chi connectivity index (χ2v) is 5.69. The highest BCUT2D eigenvalue weighted by Gasteiger charge is 2.15. The lowest BCUT2D eigenvalue weighted by Crippen LogP contribution is -2.06. The van der Waals surface area contributed by atoms with Gasteiger partial charge in [-0.1, -0.05) is 13.8 Å². The van der Waals surface area contributed by atoms with Crippen molar-refractivity contribution in [3.63, 3.8) is 0 Å². The summed E-state index contributed by atoms with van der Waals surface area (Å²) in [7, 11) is 1.96. The second-order valence-electron chi connectivity index (χ2n) is 3.89. The molecule has 16 heavy (non-hydrogen) atoms. The van der Waals surface area contributed by atoms with Crippen molar-refractivity contribution in [2.24, 2.45) is 0 Å². The standard InChI is InChI=1S/C11H15N3S2/c1-7(2)10-9(4-12-3)16-11(14-10)8-5-15-6-13-8/h5-7,12H,4H2,1-3H3. The van der Waals surface area contributed by atoms with E-state index in [2.05, 4.69) is 24.1 Å². The number of hydrogen-bond acceptors (Lipinski definition) is 5. The molecule has 1 N–H and O–H groups in total. The molecule has 0 aliphatic heterocycles. The Kier molecular flexibility index (Phi) is 3.68. The molecule has 0 saturated heterocycles. The molecule has 5 heteroatoms. The van der Waals surface area contributed by atoms with Crippen LogP contribution in [0, 0.1) is 0 Å². The smallest absolute Gasteiger partial charge is 0.143 e. The summed E-state index contributed by atoms with van der Waals surface area (Å²) >= 11 is 3.35. The lowest BCUT2D eigenvalue weighted by atomic mass is 10.1. The Labute approximate surface area is 104 Å².